The van der Waals surface area contributed by atoms with E-state index in [1.165, 1.54) is 47.9 Å². The van der Waals surface area contributed by atoms with Crippen molar-refractivity contribution in [3.05, 3.63) is 40.8 Å². The number of hydrogen-bond acceptors (Lipinski definition) is 8. The number of nitrogens with zero attached hydrogens (tertiary/aromatic N) is 6. The molecule has 0 aliphatic heterocycles. The van der Waals surface area contributed by atoms with Crippen LogP contribution in [0.25, 0.3) is 21.6 Å². The molecule has 0 aromatic carbocycles. The second-order valence-electron chi connectivity index (χ2n) is 9.12. The summed E-state index contributed by atoms with van der Waals surface area (Å²) in [4.78, 5) is 16.7. The van der Waals surface area contributed by atoms with Gasteiger partial charge in [-0.2, -0.15) is 0 Å². The highest BCUT2D eigenvalue weighted by atomic mass is 32.2. The van der Waals surface area contributed by atoms with Crippen molar-refractivity contribution in [2.24, 2.45) is 0 Å². The topological polar surface area (TPSA) is 81.4 Å². The molecule has 2 aliphatic carbocycles. The van der Waals surface area contributed by atoms with Crippen LogP contribution < -0.4 is 5.32 Å². The number of anilines is 1. The van der Waals surface area contributed by atoms with Gasteiger partial charge in [-0.1, -0.05) is 24.6 Å². The van der Waals surface area contributed by atoms with Crippen molar-refractivity contribution in [1.82, 2.24) is 29.7 Å². The molecule has 4 heterocycles. The van der Waals surface area contributed by atoms with Crippen molar-refractivity contribution in [2.45, 2.75) is 69.0 Å². The molecule has 2 aliphatic rings. The molecule has 1 N–H and O–H groups in total. The Labute approximate surface area is 207 Å². The van der Waals surface area contributed by atoms with Crippen molar-refractivity contribution >= 4 is 39.1 Å². The SMILES string of the molecule is CSc1nnc(CCCNc2nc(-c3cccnc3)nc3sc4c(c23)CCC4)n1C1CCCC1. The van der Waals surface area contributed by atoms with Crippen LogP contribution in [0.3, 0.4) is 0 Å². The van der Waals surface area contributed by atoms with Gasteiger partial charge < -0.3 is 9.88 Å². The van der Waals surface area contributed by atoms with Gasteiger partial charge in [0.05, 0.1) is 5.39 Å². The number of aryl methyl sites for hydroxylation is 3. The maximum Gasteiger partial charge on any atom is 0.191 e. The first-order chi connectivity index (χ1) is 16.8. The molecule has 4 aromatic rings. The molecule has 0 unspecified atom stereocenters. The molecule has 0 saturated heterocycles. The molecule has 6 rings (SSSR count). The summed E-state index contributed by atoms with van der Waals surface area (Å²) in [5, 5.41) is 15.0. The summed E-state index contributed by atoms with van der Waals surface area (Å²) in [5.74, 6) is 2.83. The zero-order valence-corrected chi connectivity index (χ0v) is 21.1. The van der Waals surface area contributed by atoms with Gasteiger partial charge in [0, 0.05) is 41.8 Å². The van der Waals surface area contributed by atoms with E-state index in [1.807, 2.05) is 29.7 Å². The average molecular weight is 492 g/mol. The smallest absolute Gasteiger partial charge is 0.191 e. The fourth-order valence-corrected chi connectivity index (χ4v) is 7.18. The van der Waals surface area contributed by atoms with E-state index in [9.17, 15) is 0 Å². The van der Waals surface area contributed by atoms with E-state index in [0.29, 0.717) is 6.04 Å². The van der Waals surface area contributed by atoms with Gasteiger partial charge in [0.25, 0.3) is 0 Å². The lowest BCUT2D eigenvalue weighted by Crippen LogP contribution is -2.12. The second-order valence-corrected chi connectivity index (χ2v) is 11.0. The molecule has 4 aromatic heterocycles. The Morgan fingerprint density at radius 3 is 2.88 bits per heavy atom. The Bertz CT molecular complexity index is 1290. The summed E-state index contributed by atoms with van der Waals surface area (Å²) >= 11 is 3.54. The van der Waals surface area contributed by atoms with Crippen LogP contribution in [0.5, 0.6) is 0 Å². The van der Waals surface area contributed by atoms with Gasteiger partial charge in [-0.15, -0.1) is 21.5 Å². The number of rotatable bonds is 8. The maximum atomic E-state index is 4.97. The molecular formula is C25H29N7S2. The first-order valence-corrected chi connectivity index (χ1v) is 14.3. The average Bonchev–Trinajstić information content (AvgIpc) is 3.66. The Hall–Kier alpha value is -2.52. The number of fused-ring (bicyclic) bond motifs is 3. The number of thiophene rings is 1. The maximum absolute atomic E-state index is 4.97. The zero-order valence-electron chi connectivity index (χ0n) is 19.5. The highest BCUT2D eigenvalue weighted by Gasteiger charge is 2.24. The van der Waals surface area contributed by atoms with Crippen LogP contribution in [0.1, 0.15) is 60.8 Å². The summed E-state index contributed by atoms with van der Waals surface area (Å²) in [6.07, 6.45) is 16.3. The third kappa shape index (κ3) is 4.09. The van der Waals surface area contributed by atoms with Crippen LogP contribution >= 0.6 is 23.1 Å². The van der Waals surface area contributed by atoms with Gasteiger partial charge in [0.1, 0.15) is 16.5 Å². The molecule has 1 saturated carbocycles. The minimum Gasteiger partial charge on any atom is -0.369 e. The van der Waals surface area contributed by atoms with E-state index in [0.717, 1.165) is 65.2 Å². The van der Waals surface area contributed by atoms with Gasteiger partial charge in [-0.3, -0.25) is 4.98 Å². The lowest BCUT2D eigenvalue weighted by atomic mass is 10.1. The number of pyridine rings is 1. The molecule has 0 spiro atoms. The molecule has 0 atom stereocenters. The Morgan fingerprint density at radius 1 is 1.15 bits per heavy atom. The van der Waals surface area contributed by atoms with E-state index in [-0.39, 0.29) is 0 Å². The highest BCUT2D eigenvalue weighted by molar-refractivity contribution is 7.98. The van der Waals surface area contributed by atoms with Crippen LogP contribution in [0.4, 0.5) is 5.82 Å². The standard InChI is InChI=1S/C25H29N7S2/c1-33-25-31-30-20(32(25)17-8-2-3-9-17)12-6-14-27-23-21-18-10-4-11-19(18)34-24(21)29-22(28-23)16-7-5-13-26-15-16/h5,7,13,15,17H,2-4,6,8-12,14H2,1H3,(H,27,28,29). The summed E-state index contributed by atoms with van der Waals surface area (Å²) in [6, 6.07) is 4.53. The van der Waals surface area contributed by atoms with Crippen molar-refractivity contribution in [2.75, 3.05) is 18.1 Å². The molecule has 9 heteroatoms. The van der Waals surface area contributed by atoms with E-state index in [1.54, 1.807) is 18.0 Å². The summed E-state index contributed by atoms with van der Waals surface area (Å²) < 4.78 is 2.41. The van der Waals surface area contributed by atoms with Gasteiger partial charge in [-0.25, -0.2) is 9.97 Å². The number of nitrogens with one attached hydrogen (secondary N) is 1. The summed E-state index contributed by atoms with van der Waals surface area (Å²) in [6.45, 7) is 0.843. The highest BCUT2D eigenvalue weighted by Crippen LogP contribution is 2.40. The van der Waals surface area contributed by atoms with E-state index < -0.39 is 0 Å². The van der Waals surface area contributed by atoms with Crippen LogP contribution in [-0.4, -0.2) is 42.5 Å². The van der Waals surface area contributed by atoms with Crippen LogP contribution in [0.15, 0.2) is 29.7 Å². The molecule has 0 radical (unpaired) electrons. The van der Waals surface area contributed by atoms with E-state index in [4.69, 9.17) is 9.97 Å². The third-order valence-corrected chi connectivity index (χ3v) is 8.79. The molecular weight excluding hydrogens is 462 g/mol. The van der Waals surface area contributed by atoms with E-state index >= 15 is 0 Å². The van der Waals surface area contributed by atoms with Gasteiger partial charge >= 0.3 is 0 Å². The molecule has 1 fully saturated rings. The number of thioether (sulfide) groups is 1. The van der Waals surface area contributed by atoms with Gasteiger partial charge in [-0.05, 0) is 62.5 Å². The summed E-state index contributed by atoms with van der Waals surface area (Å²) in [7, 11) is 0. The Morgan fingerprint density at radius 2 is 2.06 bits per heavy atom. The Balaban J connectivity index is 1.23. The van der Waals surface area contributed by atoms with E-state index in [2.05, 4.69) is 31.3 Å². The van der Waals surface area contributed by atoms with Crippen LogP contribution in [0, 0.1) is 0 Å². The first-order valence-electron chi connectivity index (χ1n) is 12.3. The van der Waals surface area contributed by atoms with Crippen molar-refractivity contribution in [1.29, 1.82) is 0 Å². The fourth-order valence-electron chi connectivity index (χ4n) is 5.35. The molecule has 7 nitrogen and oxygen atoms in total. The van der Waals surface area contributed by atoms with Crippen molar-refractivity contribution in [3.63, 3.8) is 0 Å². The van der Waals surface area contributed by atoms with Crippen LogP contribution in [0.2, 0.25) is 0 Å². The third-order valence-electron chi connectivity index (χ3n) is 6.96. The lowest BCUT2D eigenvalue weighted by molar-refractivity contribution is 0.461. The second kappa shape index (κ2) is 9.62. The minimum atomic E-state index is 0.567. The largest absolute Gasteiger partial charge is 0.369 e. The predicted molar refractivity (Wildman–Crippen MR) is 139 cm³/mol. The minimum absolute atomic E-state index is 0.567. The van der Waals surface area contributed by atoms with Crippen LogP contribution in [-0.2, 0) is 19.3 Å². The molecule has 0 amide bonds. The van der Waals surface area contributed by atoms with Crippen molar-refractivity contribution < 1.29 is 0 Å². The molecule has 34 heavy (non-hydrogen) atoms. The quantitative estimate of drug-likeness (QED) is 0.249. The molecule has 0 bridgehead atoms. The first kappa shape index (κ1) is 22.0. The van der Waals surface area contributed by atoms with Gasteiger partial charge in [0.15, 0.2) is 11.0 Å². The molecule has 176 valence electrons. The van der Waals surface area contributed by atoms with Gasteiger partial charge in [0.2, 0.25) is 0 Å². The lowest BCUT2D eigenvalue weighted by Gasteiger charge is -2.16. The fraction of sp³-hybridized carbons (Fsp3) is 0.480. The monoisotopic (exact) mass is 491 g/mol. The Kier molecular flexibility index (Phi) is 6.22. The normalized spacial score (nSPS) is 15.9. The number of hydrogen-bond donors (Lipinski definition) is 1. The predicted octanol–water partition coefficient (Wildman–Crippen LogP) is 5.72. The summed E-state index contributed by atoms with van der Waals surface area (Å²) in [5.41, 5.74) is 2.40. The zero-order chi connectivity index (χ0) is 22.9. The number of aromatic nitrogens is 6. The van der Waals surface area contributed by atoms with Crippen molar-refractivity contribution in [3.8, 4) is 11.4 Å².